The molecule has 0 bridgehead atoms. The van der Waals surface area contributed by atoms with Crippen LogP contribution in [0, 0.1) is 0 Å². The van der Waals surface area contributed by atoms with Gasteiger partial charge in [0.2, 0.25) is 5.95 Å². The Labute approximate surface area is 159 Å². The maximum atomic E-state index is 12.9. The minimum atomic E-state index is -0.0439. The molecule has 5 heteroatoms. The molecule has 0 aliphatic carbocycles. The van der Waals surface area contributed by atoms with Gasteiger partial charge in [0.25, 0.3) is 5.91 Å². The van der Waals surface area contributed by atoms with E-state index in [-0.39, 0.29) is 5.91 Å². The van der Waals surface area contributed by atoms with Gasteiger partial charge in [-0.05, 0) is 30.5 Å². The van der Waals surface area contributed by atoms with Crippen LogP contribution in [0.1, 0.15) is 28.4 Å². The highest BCUT2D eigenvalue weighted by molar-refractivity contribution is 6.06. The van der Waals surface area contributed by atoms with Gasteiger partial charge < -0.3 is 9.80 Å². The summed E-state index contributed by atoms with van der Waals surface area (Å²) in [7, 11) is 0. The Bertz CT molecular complexity index is 925. The Morgan fingerprint density at radius 1 is 1.04 bits per heavy atom. The normalized spacial score (nSPS) is 12.7. The highest BCUT2D eigenvalue weighted by Crippen LogP contribution is 2.28. The molecule has 0 spiro atoms. The molecule has 1 amide bonds. The van der Waals surface area contributed by atoms with Crippen LogP contribution in [0.5, 0.6) is 0 Å². The number of amides is 1. The third kappa shape index (κ3) is 3.53. The summed E-state index contributed by atoms with van der Waals surface area (Å²) in [6.07, 6.45) is 4.17. The van der Waals surface area contributed by atoms with Gasteiger partial charge in [-0.25, -0.2) is 9.97 Å². The molecule has 3 aromatic rings. The Kier molecular flexibility index (Phi) is 4.83. The largest absolute Gasteiger partial charge is 0.337 e. The average molecular weight is 358 g/mol. The number of aromatic nitrogens is 2. The topological polar surface area (TPSA) is 49.3 Å². The summed E-state index contributed by atoms with van der Waals surface area (Å²) < 4.78 is 0. The summed E-state index contributed by atoms with van der Waals surface area (Å²) in [5, 5.41) is 0. The van der Waals surface area contributed by atoms with E-state index in [0.717, 1.165) is 25.2 Å². The number of hydrogen-bond acceptors (Lipinski definition) is 4. The molecular formula is C22H22N4O. The molecule has 5 nitrogen and oxygen atoms in total. The molecule has 1 aromatic heterocycles. The fourth-order valence-corrected chi connectivity index (χ4v) is 3.43. The second-order valence-electron chi connectivity index (χ2n) is 6.61. The summed E-state index contributed by atoms with van der Waals surface area (Å²) in [4.78, 5) is 25.7. The summed E-state index contributed by atoms with van der Waals surface area (Å²) in [5.74, 6) is 0.595. The lowest BCUT2D eigenvalue weighted by Crippen LogP contribution is -2.29. The molecule has 0 saturated carbocycles. The van der Waals surface area contributed by atoms with Gasteiger partial charge in [-0.1, -0.05) is 48.5 Å². The summed E-state index contributed by atoms with van der Waals surface area (Å²) in [6, 6.07) is 18.3. The van der Waals surface area contributed by atoms with E-state index in [1.54, 1.807) is 12.4 Å². The van der Waals surface area contributed by atoms with Crippen LogP contribution in [-0.2, 0) is 13.0 Å². The van der Waals surface area contributed by atoms with Crippen LogP contribution in [0.3, 0.4) is 0 Å². The van der Waals surface area contributed by atoms with E-state index >= 15 is 0 Å². The lowest BCUT2D eigenvalue weighted by atomic mass is 10.2. The van der Waals surface area contributed by atoms with Crippen LogP contribution in [-0.4, -0.2) is 29.0 Å². The van der Waals surface area contributed by atoms with Crippen molar-refractivity contribution < 1.29 is 4.79 Å². The van der Waals surface area contributed by atoms with Crippen molar-refractivity contribution in [3.63, 3.8) is 0 Å². The molecular weight excluding hydrogens is 336 g/mol. The summed E-state index contributed by atoms with van der Waals surface area (Å²) >= 11 is 0. The van der Waals surface area contributed by atoms with Gasteiger partial charge in [0.1, 0.15) is 0 Å². The lowest BCUT2D eigenvalue weighted by Gasteiger charge is -2.21. The fraction of sp³-hybridized carbons (Fsp3) is 0.227. The lowest BCUT2D eigenvalue weighted by molar-refractivity contribution is 0.0988. The van der Waals surface area contributed by atoms with E-state index in [1.807, 2.05) is 41.3 Å². The zero-order chi connectivity index (χ0) is 18.6. The molecule has 1 aliphatic heterocycles. The van der Waals surface area contributed by atoms with E-state index in [1.165, 1.54) is 11.1 Å². The first-order valence-electron chi connectivity index (χ1n) is 9.27. The van der Waals surface area contributed by atoms with Crippen LogP contribution in [0.4, 0.5) is 11.6 Å². The highest BCUT2D eigenvalue weighted by Gasteiger charge is 2.25. The highest BCUT2D eigenvalue weighted by atomic mass is 16.2. The van der Waals surface area contributed by atoms with Crippen molar-refractivity contribution in [3.8, 4) is 0 Å². The molecule has 0 N–H and O–H groups in total. The van der Waals surface area contributed by atoms with Crippen molar-refractivity contribution in [1.29, 1.82) is 0 Å². The predicted octanol–water partition coefficient (Wildman–Crippen LogP) is 3.71. The van der Waals surface area contributed by atoms with Gasteiger partial charge in [-0.3, -0.25) is 4.79 Å². The maximum Gasteiger partial charge on any atom is 0.261 e. The van der Waals surface area contributed by atoms with Gasteiger partial charge in [0, 0.05) is 37.7 Å². The van der Waals surface area contributed by atoms with Gasteiger partial charge in [0.15, 0.2) is 0 Å². The number of hydrogen-bond donors (Lipinski definition) is 0. The number of anilines is 2. The van der Waals surface area contributed by atoms with E-state index in [4.69, 9.17) is 0 Å². The third-order valence-electron chi connectivity index (χ3n) is 4.90. The van der Waals surface area contributed by atoms with E-state index in [2.05, 4.69) is 40.0 Å². The zero-order valence-electron chi connectivity index (χ0n) is 15.4. The number of fused-ring (bicyclic) bond motifs is 1. The Balaban J connectivity index is 1.51. The number of benzene rings is 2. The standard InChI is InChI=1S/C22H22N4O/c1-2-25(16-17-8-4-3-5-9-17)22-23-14-19(15-24-22)21(27)26-13-12-18-10-6-7-11-20(18)26/h3-11,14-15H,2,12-13,16H2,1H3. The van der Waals surface area contributed by atoms with Crippen LogP contribution >= 0.6 is 0 Å². The van der Waals surface area contributed by atoms with Crippen LogP contribution in [0.15, 0.2) is 67.0 Å². The number of carbonyl (C=O) groups is 1. The molecule has 0 unspecified atom stereocenters. The van der Waals surface area contributed by atoms with Crippen molar-refractivity contribution >= 4 is 17.5 Å². The molecule has 0 saturated heterocycles. The average Bonchev–Trinajstić information content (AvgIpc) is 3.16. The van der Waals surface area contributed by atoms with Crippen molar-refractivity contribution in [2.24, 2.45) is 0 Å². The Hall–Kier alpha value is -3.21. The van der Waals surface area contributed by atoms with Crippen molar-refractivity contribution in [1.82, 2.24) is 9.97 Å². The van der Waals surface area contributed by atoms with Gasteiger partial charge in [0.05, 0.1) is 5.56 Å². The second-order valence-corrected chi connectivity index (χ2v) is 6.61. The van der Waals surface area contributed by atoms with Crippen LogP contribution in [0.2, 0.25) is 0 Å². The summed E-state index contributed by atoms with van der Waals surface area (Å²) in [5.41, 5.74) is 3.93. The number of nitrogens with zero attached hydrogens (tertiary/aromatic N) is 4. The SMILES string of the molecule is CCN(Cc1ccccc1)c1ncc(C(=O)N2CCc3ccccc32)cn1. The van der Waals surface area contributed by atoms with E-state index in [0.29, 0.717) is 18.1 Å². The third-order valence-corrected chi connectivity index (χ3v) is 4.90. The van der Waals surface area contributed by atoms with Gasteiger partial charge in [-0.15, -0.1) is 0 Å². The maximum absolute atomic E-state index is 12.9. The molecule has 0 atom stereocenters. The quantitative estimate of drug-likeness (QED) is 0.698. The molecule has 2 heterocycles. The molecule has 4 rings (SSSR count). The second kappa shape index (κ2) is 7.58. The molecule has 27 heavy (non-hydrogen) atoms. The minimum Gasteiger partial charge on any atom is -0.337 e. The van der Waals surface area contributed by atoms with Crippen LogP contribution < -0.4 is 9.80 Å². The smallest absolute Gasteiger partial charge is 0.261 e. The first-order valence-corrected chi connectivity index (χ1v) is 9.27. The zero-order valence-corrected chi connectivity index (χ0v) is 15.4. The molecule has 136 valence electrons. The fourth-order valence-electron chi connectivity index (χ4n) is 3.43. The summed E-state index contributed by atoms with van der Waals surface area (Å²) in [6.45, 7) is 4.31. The first kappa shape index (κ1) is 17.2. The van der Waals surface area contributed by atoms with Crippen LogP contribution in [0.25, 0.3) is 0 Å². The van der Waals surface area contributed by atoms with Crippen molar-refractivity contribution in [3.05, 3.63) is 83.7 Å². The number of rotatable bonds is 5. The molecule has 2 aromatic carbocycles. The minimum absolute atomic E-state index is 0.0439. The van der Waals surface area contributed by atoms with Crippen molar-refractivity contribution in [2.45, 2.75) is 19.9 Å². The molecule has 0 fully saturated rings. The Morgan fingerprint density at radius 3 is 2.48 bits per heavy atom. The first-order chi connectivity index (χ1) is 13.3. The number of carbonyl (C=O) groups excluding carboxylic acids is 1. The van der Waals surface area contributed by atoms with Crippen molar-refractivity contribution in [2.75, 3.05) is 22.9 Å². The number of para-hydroxylation sites is 1. The monoisotopic (exact) mass is 358 g/mol. The van der Waals surface area contributed by atoms with E-state index in [9.17, 15) is 4.79 Å². The predicted molar refractivity (Wildman–Crippen MR) is 107 cm³/mol. The van der Waals surface area contributed by atoms with Gasteiger partial charge in [-0.2, -0.15) is 0 Å². The van der Waals surface area contributed by atoms with E-state index < -0.39 is 0 Å². The van der Waals surface area contributed by atoms with Gasteiger partial charge >= 0.3 is 0 Å². The molecule has 1 aliphatic rings. The Morgan fingerprint density at radius 2 is 1.74 bits per heavy atom. The molecule has 0 radical (unpaired) electrons.